The molecular weight excluding hydrogens is 246 g/mol. The van der Waals surface area contributed by atoms with Crippen molar-refractivity contribution in [1.82, 2.24) is 14.8 Å². The van der Waals surface area contributed by atoms with Crippen molar-refractivity contribution in [2.24, 2.45) is 0 Å². The third-order valence-corrected chi connectivity index (χ3v) is 2.33. The van der Waals surface area contributed by atoms with Crippen LogP contribution < -0.4 is 4.74 Å². The van der Waals surface area contributed by atoms with Gasteiger partial charge in [-0.05, 0) is 24.6 Å². The van der Waals surface area contributed by atoms with Gasteiger partial charge in [0.15, 0.2) is 5.75 Å². The average Bonchev–Trinajstić information content (AvgIpc) is 2.85. The van der Waals surface area contributed by atoms with E-state index in [9.17, 15) is 4.79 Å². The first kappa shape index (κ1) is 12.8. The van der Waals surface area contributed by atoms with Crippen LogP contribution in [-0.4, -0.2) is 25.8 Å². The number of pyridine rings is 1. The monoisotopic (exact) mass is 259 g/mol. The van der Waals surface area contributed by atoms with Gasteiger partial charge >= 0.3 is 5.97 Å². The number of carbonyl (C=O) groups is 1. The van der Waals surface area contributed by atoms with Crippen molar-refractivity contribution in [3.05, 3.63) is 42.4 Å². The van der Waals surface area contributed by atoms with Crippen molar-refractivity contribution in [1.29, 1.82) is 0 Å². The van der Waals surface area contributed by atoms with Crippen molar-refractivity contribution < 1.29 is 14.6 Å². The van der Waals surface area contributed by atoms with Gasteiger partial charge in [0.1, 0.15) is 0 Å². The predicted molar refractivity (Wildman–Crippen MR) is 68.9 cm³/mol. The highest BCUT2D eigenvalue weighted by Gasteiger charge is 2.01. The molecule has 0 saturated carbocycles. The van der Waals surface area contributed by atoms with Crippen LogP contribution in [0, 0.1) is 0 Å². The molecule has 0 spiro atoms. The molecule has 6 nitrogen and oxygen atoms in total. The number of ether oxygens (including phenoxy) is 1. The Bertz CT molecular complexity index is 587. The van der Waals surface area contributed by atoms with Crippen LogP contribution in [0.2, 0.25) is 0 Å². The second-order valence-corrected chi connectivity index (χ2v) is 3.74. The molecule has 0 amide bonds. The van der Waals surface area contributed by atoms with Gasteiger partial charge in [0.25, 0.3) is 0 Å². The molecule has 0 aromatic carbocycles. The summed E-state index contributed by atoms with van der Waals surface area (Å²) in [6.45, 7) is 2.76. The number of hydrogen-bond donors (Lipinski definition) is 1. The Balaban J connectivity index is 2.04. The summed E-state index contributed by atoms with van der Waals surface area (Å²) in [6, 6.07) is 3.40. The van der Waals surface area contributed by atoms with Crippen molar-refractivity contribution in [3.63, 3.8) is 0 Å². The first-order valence-corrected chi connectivity index (χ1v) is 5.74. The first-order chi connectivity index (χ1) is 9.17. The molecule has 0 atom stereocenters. The third-order valence-electron chi connectivity index (χ3n) is 2.33. The van der Waals surface area contributed by atoms with E-state index in [0.29, 0.717) is 17.2 Å². The molecular formula is C13H13N3O3. The zero-order chi connectivity index (χ0) is 13.7. The van der Waals surface area contributed by atoms with Crippen molar-refractivity contribution >= 4 is 12.0 Å². The largest absolute Gasteiger partial charge is 0.478 e. The van der Waals surface area contributed by atoms with Crippen LogP contribution in [-0.2, 0) is 11.3 Å². The molecule has 0 unspecified atom stereocenters. The molecule has 0 fully saturated rings. The summed E-state index contributed by atoms with van der Waals surface area (Å²) in [4.78, 5) is 14.5. The molecule has 98 valence electrons. The number of rotatable bonds is 5. The Morgan fingerprint density at radius 1 is 1.47 bits per heavy atom. The van der Waals surface area contributed by atoms with Crippen LogP contribution in [0.3, 0.4) is 0 Å². The number of carboxylic acids is 1. The van der Waals surface area contributed by atoms with E-state index < -0.39 is 5.97 Å². The lowest BCUT2D eigenvalue weighted by Crippen LogP contribution is -1.92. The van der Waals surface area contributed by atoms with Gasteiger partial charge in [-0.1, -0.05) is 0 Å². The summed E-state index contributed by atoms with van der Waals surface area (Å²) in [5, 5.41) is 12.6. The Kier molecular flexibility index (Phi) is 3.92. The summed E-state index contributed by atoms with van der Waals surface area (Å²) in [5.41, 5.74) is 0.694. The Labute approximate surface area is 110 Å². The molecule has 0 bridgehead atoms. The smallest absolute Gasteiger partial charge is 0.328 e. The van der Waals surface area contributed by atoms with Crippen molar-refractivity contribution in [2.45, 2.75) is 13.5 Å². The molecule has 0 radical (unpaired) electrons. The van der Waals surface area contributed by atoms with Gasteiger partial charge in [0.2, 0.25) is 5.88 Å². The highest BCUT2D eigenvalue weighted by Crippen LogP contribution is 2.18. The fourth-order valence-corrected chi connectivity index (χ4v) is 1.41. The highest BCUT2D eigenvalue weighted by molar-refractivity contribution is 5.85. The normalized spacial score (nSPS) is 10.8. The Morgan fingerprint density at radius 2 is 2.32 bits per heavy atom. The van der Waals surface area contributed by atoms with Gasteiger partial charge in [-0.2, -0.15) is 5.10 Å². The van der Waals surface area contributed by atoms with Gasteiger partial charge in [0, 0.05) is 24.9 Å². The molecule has 2 heterocycles. The van der Waals surface area contributed by atoms with E-state index >= 15 is 0 Å². The first-order valence-electron chi connectivity index (χ1n) is 5.74. The number of carboxylic acid groups (broad SMARTS) is 1. The molecule has 0 aliphatic carbocycles. The van der Waals surface area contributed by atoms with E-state index in [1.54, 1.807) is 35.4 Å². The zero-order valence-electron chi connectivity index (χ0n) is 10.4. The van der Waals surface area contributed by atoms with Crippen LogP contribution in [0.4, 0.5) is 0 Å². The fraction of sp³-hybridized carbons (Fsp3) is 0.154. The lowest BCUT2D eigenvalue weighted by Gasteiger charge is -2.01. The summed E-state index contributed by atoms with van der Waals surface area (Å²) in [5.74, 6) is 0.0543. The standard InChI is InChI=1S/C13H13N3O3/c1-2-16-9-11(8-15-16)19-12-5-3-10(7-14-12)4-6-13(17)18/h3-9H,2H2,1H3,(H,17,18)/b6-4+. The fourth-order valence-electron chi connectivity index (χ4n) is 1.41. The molecule has 0 aliphatic heterocycles. The molecule has 0 saturated heterocycles. The van der Waals surface area contributed by atoms with Gasteiger partial charge in [-0.25, -0.2) is 9.78 Å². The van der Waals surface area contributed by atoms with E-state index in [4.69, 9.17) is 9.84 Å². The van der Waals surface area contributed by atoms with Crippen LogP contribution >= 0.6 is 0 Å². The maximum atomic E-state index is 10.4. The second kappa shape index (κ2) is 5.81. The van der Waals surface area contributed by atoms with E-state index in [1.807, 2.05) is 6.92 Å². The van der Waals surface area contributed by atoms with E-state index in [2.05, 4.69) is 10.1 Å². The maximum absolute atomic E-state index is 10.4. The molecule has 2 aromatic heterocycles. The predicted octanol–water partition coefficient (Wildman–Crippen LogP) is 2.19. The summed E-state index contributed by atoms with van der Waals surface area (Å²) in [7, 11) is 0. The van der Waals surface area contributed by atoms with E-state index in [0.717, 1.165) is 12.6 Å². The number of aryl methyl sites for hydroxylation is 1. The molecule has 6 heteroatoms. The molecule has 0 aliphatic rings. The third kappa shape index (κ3) is 3.67. The van der Waals surface area contributed by atoms with Crippen molar-refractivity contribution in [3.8, 4) is 11.6 Å². The molecule has 1 N–H and O–H groups in total. The molecule has 19 heavy (non-hydrogen) atoms. The van der Waals surface area contributed by atoms with Gasteiger partial charge < -0.3 is 9.84 Å². The van der Waals surface area contributed by atoms with Crippen LogP contribution in [0.5, 0.6) is 11.6 Å². The maximum Gasteiger partial charge on any atom is 0.328 e. The van der Waals surface area contributed by atoms with E-state index in [1.165, 1.54) is 6.08 Å². The summed E-state index contributed by atoms with van der Waals surface area (Å²) >= 11 is 0. The lowest BCUT2D eigenvalue weighted by molar-refractivity contribution is -0.131. The van der Waals surface area contributed by atoms with Gasteiger partial charge in [-0.3, -0.25) is 4.68 Å². The minimum Gasteiger partial charge on any atom is -0.478 e. The SMILES string of the molecule is CCn1cc(Oc2ccc(/C=C/C(=O)O)cn2)cn1. The van der Waals surface area contributed by atoms with Crippen molar-refractivity contribution in [2.75, 3.05) is 0 Å². The number of hydrogen-bond acceptors (Lipinski definition) is 4. The van der Waals surface area contributed by atoms with Gasteiger partial charge in [0.05, 0.1) is 12.4 Å². The Hall–Kier alpha value is -2.63. The zero-order valence-corrected chi connectivity index (χ0v) is 10.4. The van der Waals surface area contributed by atoms with Gasteiger partial charge in [-0.15, -0.1) is 0 Å². The molecule has 2 rings (SSSR count). The van der Waals surface area contributed by atoms with Crippen LogP contribution in [0.1, 0.15) is 12.5 Å². The number of aromatic nitrogens is 3. The number of nitrogens with zero attached hydrogens (tertiary/aromatic N) is 3. The average molecular weight is 259 g/mol. The lowest BCUT2D eigenvalue weighted by atomic mass is 10.2. The summed E-state index contributed by atoms with van der Waals surface area (Å²) < 4.78 is 7.26. The minimum atomic E-state index is -0.993. The molecule has 2 aromatic rings. The second-order valence-electron chi connectivity index (χ2n) is 3.74. The Morgan fingerprint density at radius 3 is 2.89 bits per heavy atom. The quantitative estimate of drug-likeness (QED) is 0.833. The number of aliphatic carboxylic acids is 1. The van der Waals surface area contributed by atoms with Crippen LogP contribution in [0.25, 0.3) is 6.08 Å². The van der Waals surface area contributed by atoms with Crippen LogP contribution in [0.15, 0.2) is 36.8 Å². The topological polar surface area (TPSA) is 77.2 Å². The highest BCUT2D eigenvalue weighted by atomic mass is 16.5. The summed E-state index contributed by atoms with van der Waals surface area (Å²) in [6.07, 6.45) is 7.46. The van der Waals surface area contributed by atoms with E-state index in [-0.39, 0.29) is 0 Å². The minimum absolute atomic E-state index is 0.433.